The minimum Gasteiger partial charge on any atom is -0.356 e. The van der Waals surface area contributed by atoms with Crippen molar-refractivity contribution in [2.45, 2.75) is 52.2 Å². The second-order valence-electron chi connectivity index (χ2n) is 7.38. The molecule has 1 aromatic heterocycles. The minimum absolute atomic E-state index is 0.224. The number of fused-ring (bicyclic) bond motifs is 1. The number of benzene rings is 1. The van der Waals surface area contributed by atoms with Crippen LogP contribution in [0.25, 0.3) is 0 Å². The van der Waals surface area contributed by atoms with Crippen LogP contribution in [0.5, 0.6) is 0 Å². The van der Waals surface area contributed by atoms with Crippen molar-refractivity contribution in [1.82, 2.24) is 15.5 Å². The van der Waals surface area contributed by atoms with Gasteiger partial charge in [0.25, 0.3) is 0 Å². The van der Waals surface area contributed by atoms with E-state index in [9.17, 15) is 4.79 Å². The zero-order valence-electron chi connectivity index (χ0n) is 17.0. The van der Waals surface area contributed by atoms with E-state index >= 15 is 0 Å². The van der Waals surface area contributed by atoms with E-state index in [2.05, 4.69) is 53.7 Å². The average Bonchev–Trinajstić information content (AvgIpc) is 3.29. The van der Waals surface area contributed by atoms with Gasteiger partial charge < -0.3 is 15.5 Å². The van der Waals surface area contributed by atoms with Crippen LogP contribution in [-0.2, 0) is 24.3 Å². The lowest BCUT2D eigenvalue weighted by atomic mass is 10.1. The Morgan fingerprint density at radius 1 is 1.21 bits per heavy atom. The van der Waals surface area contributed by atoms with Crippen molar-refractivity contribution in [2.75, 3.05) is 13.6 Å². The fraction of sp³-hybridized carbons (Fsp3) is 0.455. The Labute approximate surface area is 171 Å². The molecule has 1 aliphatic rings. The number of carbonyl (C=O) groups excluding carboxylic acids is 1. The first-order chi connectivity index (χ1) is 13.5. The van der Waals surface area contributed by atoms with E-state index < -0.39 is 0 Å². The topological polar surface area (TPSA) is 56.7 Å². The third-order valence-electron chi connectivity index (χ3n) is 4.96. The Hall–Kier alpha value is -2.34. The number of hydrogen-bond donors (Lipinski definition) is 2. The molecule has 28 heavy (non-hydrogen) atoms. The fourth-order valence-electron chi connectivity index (χ4n) is 3.49. The van der Waals surface area contributed by atoms with Crippen molar-refractivity contribution in [3.63, 3.8) is 0 Å². The molecule has 0 saturated carbocycles. The van der Waals surface area contributed by atoms with Gasteiger partial charge in [0.05, 0.1) is 0 Å². The van der Waals surface area contributed by atoms with Gasteiger partial charge in [0.15, 0.2) is 5.96 Å². The lowest BCUT2D eigenvalue weighted by Crippen LogP contribution is -2.43. The van der Waals surface area contributed by atoms with Crippen LogP contribution >= 0.6 is 11.3 Å². The van der Waals surface area contributed by atoms with Crippen molar-refractivity contribution < 1.29 is 4.79 Å². The predicted molar refractivity (Wildman–Crippen MR) is 117 cm³/mol. The molecule has 0 aliphatic carbocycles. The van der Waals surface area contributed by atoms with Gasteiger partial charge in [-0.3, -0.25) is 9.79 Å². The largest absolute Gasteiger partial charge is 0.356 e. The summed E-state index contributed by atoms with van der Waals surface area (Å²) in [5.74, 6) is 1.02. The maximum atomic E-state index is 12.5. The first-order valence-corrected chi connectivity index (χ1v) is 10.7. The number of aryl methyl sites for hydroxylation is 1. The summed E-state index contributed by atoms with van der Waals surface area (Å²) in [5.41, 5.74) is 2.54. The maximum Gasteiger partial charge on any atom is 0.223 e. The number of carbonyl (C=O) groups is 1. The molecule has 2 N–H and O–H groups in total. The average molecular weight is 399 g/mol. The van der Waals surface area contributed by atoms with Gasteiger partial charge in [0.1, 0.15) is 0 Å². The highest BCUT2D eigenvalue weighted by Crippen LogP contribution is 2.22. The molecule has 0 radical (unpaired) electrons. The van der Waals surface area contributed by atoms with Crippen LogP contribution in [0.4, 0.5) is 0 Å². The van der Waals surface area contributed by atoms with Crippen molar-refractivity contribution >= 4 is 23.2 Å². The van der Waals surface area contributed by atoms with Gasteiger partial charge in [0, 0.05) is 55.3 Å². The normalized spacial score (nSPS) is 14.7. The van der Waals surface area contributed by atoms with E-state index in [0.29, 0.717) is 12.5 Å². The van der Waals surface area contributed by atoms with Crippen molar-refractivity contribution in [3.05, 3.63) is 57.3 Å². The number of hydrogen-bond acceptors (Lipinski definition) is 3. The first-order valence-electron chi connectivity index (χ1n) is 9.92. The second kappa shape index (κ2) is 9.73. The molecule has 0 spiro atoms. The summed E-state index contributed by atoms with van der Waals surface area (Å²) in [6, 6.07) is 12.9. The SMILES string of the molecule is CN=C(NCCCC(=O)N1Cc2ccccc2C1)NC(C)Cc1ccc(C)s1. The zero-order valence-corrected chi connectivity index (χ0v) is 17.8. The van der Waals surface area contributed by atoms with Crippen LogP contribution in [-0.4, -0.2) is 36.4 Å². The van der Waals surface area contributed by atoms with E-state index in [-0.39, 0.29) is 5.91 Å². The van der Waals surface area contributed by atoms with Crippen LogP contribution in [0.1, 0.15) is 40.6 Å². The first kappa shape index (κ1) is 20.4. The number of thiophene rings is 1. The molecule has 1 aromatic carbocycles. The van der Waals surface area contributed by atoms with Crippen LogP contribution in [0.2, 0.25) is 0 Å². The number of nitrogens with one attached hydrogen (secondary N) is 2. The minimum atomic E-state index is 0.224. The molecule has 3 rings (SSSR count). The van der Waals surface area contributed by atoms with Crippen LogP contribution in [0, 0.1) is 6.92 Å². The Morgan fingerprint density at radius 2 is 1.93 bits per heavy atom. The third-order valence-corrected chi connectivity index (χ3v) is 5.99. The number of amides is 1. The van der Waals surface area contributed by atoms with Gasteiger partial charge >= 0.3 is 0 Å². The summed E-state index contributed by atoms with van der Waals surface area (Å²) in [4.78, 5) is 21.4. The van der Waals surface area contributed by atoms with Crippen LogP contribution in [0.3, 0.4) is 0 Å². The fourth-order valence-corrected chi connectivity index (χ4v) is 4.51. The van der Waals surface area contributed by atoms with Crippen molar-refractivity contribution in [2.24, 2.45) is 4.99 Å². The van der Waals surface area contributed by atoms with Gasteiger partial charge in [-0.25, -0.2) is 0 Å². The molecule has 1 aliphatic heterocycles. The standard InChI is InChI=1S/C22H30N4OS/c1-16(13-20-11-10-17(2)28-20)25-22(23-3)24-12-6-9-21(27)26-14-18-7-4-5-8-19(18)15-26/h4-5,7-8,10-11,16H,6,9,12-15H2,1-3H3,(H2,23,24,25). The molecule has 1 unspecified atom stereocenters. The molecule has 2 aromatic rings. The summed E-state index contributed by atoms with van der Waals surface area (Å²) in [6.07, 6.45) is 2.33. The Bertz CT molecular complexity index is 804. The molecular weight excluding hydrogens is 368 g/mol. The quantitative estimate of drug-likeness (QED) is 0.427. The van der Waals surface area contributed by atoms with Gasteiger partial charge in [-0.1, -0.05) is 24.3 Å². The number of aliphatic imine (C=N–C) groups is 1. The van der Waals surface area contributed by atoms with Gasteiger partial charge in [-0.05, 0) is 43.5 Å². The highest BCUT2D eigenvalue weighted by Gasteiger charge is 2.22. The highest BCUT2D eigenvalue weighted by molar-refractivity contribution is 7.11. The molecule has 1 amide bonds. The molecule has 0 saturated heterocycles. The Balaban J connectivity index is 1.35. The van der Waals surface area contributed by atoms with Crippen molar-refractivity contribution in [3.8, 4) is 0 Å². The smallest absolute Gasteiger partial charge is 0.223 e. The third kappa shape index (κ3) is 5.58. The molecule has 5 nitrogen and oxygen atoms in total. The zero-order chi connectivity index (χ0) is 19.9. The maximum absolute atomic E-state index is 12.5. The summed E-state index contributed by atoms with van der Waals surface area (Å²) in [7, 11) is 1.78. The lowest BCUT2D eigenvalue weighted by molar-refractivity contribution is -0.131. The summed E-state index contributed by atoms with van der Waals surface area (Å²) >= 11 is 1.84. The second-order valence-corrected chi connectivity index (χ2v) is 8.76. The van der Waals surface area contributed by atoms with E-state index in [1.807, 2.05) is 28.4 Å². The van der Waals surface area contributed by atoms with Crippen LogP contribution in [0.15, 0.2) is 41.4 Å². The monoisotopic (exact) mass is 398 g/mol. The number of rotatable bonds is 7. The lowest BCUT2D eigenvalue weighted by Gasteiger charge is -2.18. The van der Waals surface area contributed by atoms with Gasteiger partial charge in [0.2, 0.25) is 5.91 Å². The molecular formula is C22H30N4OS. The van der Waals surface area contributed by atoms with E-state index in [0.717, 1.165) is 38.4 Å². The highest BCUT2D eigenvalue weighted by atomic mass is 32.1. The van der Waals surface area contributed by atoms with Crippen LogP contribution < -0.4 is 10.6 Å². The molecule has 0 bridgehead atoms. The molecule has 0 fully saturated rings. The molecule has 1 atom stereocenters. The Morgan fingerprint density at radius 3 is 2.54 bits per heavy atom. The van der Waals surface area contributed by atoms with Crippen molar-refractivity contribution in [1.29, 1.82) is 0 Å². The number of guanidine groups is 1. The predicted octanol–water partition coefficient (Wildman–Crippen LogP) is 3.48. The molecule has 150 valence electrons. The Kier molecular flexibility index (Phi) is 7.09. The van der Waals surface area contributed by atoms with Gasteiger partial charge in [-0.2, -0.15) is 0 Å². The van der Waals surface area contributed by atoms with E-state index in [4.69, 9.17) is 0 Å². The summed E-state index contributed by atoms with van der Waals surface area (Å²) < 4.78 is 0. The van der Waals surface area contributed by atoms with E-state index in [1.54, 1.807) is 7.05 Å². The van der Waals surface area contributed by atoms with Gasteiger partial charge in [-0.15, -0.1) is 11.3 Å². The molecule has 6 heteroatoms. The number of nitrogens with zero attached hydrogens (tertiary/aromatic N) is 2. The molecule has 2 heterocycles. The summed E-state index contributed by atoms with van der Waals surface area (Å²) in [5, 5.41) is 6.76. The summed E-state index contributed by atoms with van der Waals surface area (Å²) in [6.45, 7) is 6.51. The van der Waals surface area contributed by atoms with E-state index in [1.165, 1.54) is 20.9 Å².